The molecule has 2 fully saturated rings. The SMILES string of the molecule is CN1CCN(C(=O)c2ccc(Nc3nc(N4CCCCC4)nn4ccnc34)cc2)CC1. The second-order valence-electron chi connectivity index (χ2n) is 8.30. The summed E-state index contributed by atoms with van der Waals surface area (Å²) in [6.45, 7) is 5.32. The molecule has 0 saturated carbocycles. The number of piperidine rings is 1. The zero-order chi connectivity index (χ0) is 21.2. The highest BCUT2D eigenvalue weighted by Crippen LogP contribution is 2.23. The number of hydrogen-bond donors (Lipinski definition) is 1. The lowest BCUT2D eigenvalue weighted by Crippen LogP contribution is -2.47. The summed E-state index contributed by atoms with van der Waals surface area (Å²) in [5, 5.41) is 8.00. The van der Waals surface area contributed by atoms with Crippen LogP contribution in [0.5, 0.6) is 0 Å². The van der Waals surface area contributed by atoms with Gasteiger partial charge in [0.15, 0.2) is 11.5 Å². The van der Waals surface area contributed by atoms with Gasteiger partial charge in [0, 0.05) is 62.9 Å². The Hall–Kier alpha value is -3.20. The number of imidazole rings is 1. The molecule has 1 amide bonds. The molecule has 0 aliphatic carbocycles. The van der Waals surface area contributed by atoms with Crippen LogP contribution in [0.4, 0.5) is 17.5 Å². The highest BCUT2D eigenvalue weighted by atomic mass is 16.2. The van der Waals surface area contributed by atoms with Crippen LogP contribution >= 0.6 is 0 Å². The minimum absolute atomic E-state index is 0.0877. The average molecular weight is 421 g/mol. The van der Waals surface area contributed by atoms with Crippen LogP contribution in [0.15, 0.2) is 36.7 Å². The predicted molar refractivity (Wildman–Crippen MR) is 120 cm³/mol. The minimum atomic E-state index is 0.0877. The summed E-state index contributed by atoms with van der Waals surface area (Å²) >= 11 is 0. The maximum atomic E-state index is 12.8. The van der Waals surface area contributed by atoms with Crippen molar-refractivity contribution in [3.05, 3.63) is 42.2 Å². The quantitative estimate of drug-likeness (QED) is 0.693. The number of amides is 1. The molecular weight excluding hydrogens is 392 g/mol. The highest BCUT2D eigenvalue weighted by molar-refractivity contribution is 5.94. The molecule has 0 radical (unpaired) electrons. The summed E-state index contributed by atoms with van der Waals surface area (Å²) in [6.07, 6.45) is 7.16. The Morgan fingerprint density at radius 2 is 1.71 bits per heavy atom. The number of anilines is 3. The number of nitrogens with zero attached hydrogens (tertiary/aromatic N) is 7. The first-order valence-corrected chi connectivity index (χ1v) is 11.0. The van der Waals surface area contributed by atoms with E-state index in [1.807, 2.05) is 35.4 Å². The summed E-state index contributed by atoms with van der Waals surface area (Å²) < 4.78 is 1.77. The van der Waals surface area contributed by atoms with Gasteiger partial charge < -0.3 is 20.0 Å². The van der Waals surface area contributed by atoms with Crippen LogP contribution in [0.3, 0.4) is 0 Å². The largest absolute Gasteiger partial charge is 0.340 e. The normalized spacial score (nSPS) is 17.8. The second kappa shape index (κ2) is 8.50. The first-order valence-electron chi connectivity index (χ1n) is 11.0. The van der Waals surface area contributed by atoms with Crippen molar-refractivity contribution < 1.29 is 4.79 Å². The Kier molecular flexibility index (Phi) is 5.42. The van der Waals surface area contributed by atoms with Crippen molar-refractivity contribution in [2.45, 2.75) is 19.3 Å². The van der Waals surface area contributed by atoms with Crippen molar-refractivity contribution in [2.75, 3.05) is 56.5 Å². The Morgan fingerprint density at radius 3 is 2.45 bits per heavy atom. The molecule has 162 valence electrons. The smallest absolute Gasteiger partial charge is 0.253 e. The third kappa shape index (κ3) is 4.18. The Morgan fingerprint density at radius 1 is 0.968 bits per heavy atom. The van der Waals surface area contributed by atoms with E-state index >= 15 is 0 Å². The Bertz CT molecular complexity index is 1050. The van der Waals surface area contributed by atoms with Crippen molar-refractivity contribution >= 4 is 29.0 Å². The van der Waals surface area contributed by atoms with Gasteiger partial charge in [0.05, 0.1) is 0 Å². The molecule has 2 saturated heterocycles. The standard InChI is InChI=1S/C22H28N8O/c1-27-13-15-28(16-14-27)21(31)17-5-7-18(8-6-17)24-19-20-23-9-12-30(20)26-22(25-19)29-10-3-2-4-11-29/h5-9,12H,2-4,10-11,13-16H2,1H3,(H,24,25,26). The number of fused-ring (bicyclic) bond motifs is 1. The van der Waals surface area contributed by atoms with E-state index < -0.39 is 0 Å². The molecule has 2 aliphatic rings. The maximum Gasteiger partial charge on any atom is 0.253 e. The number of nitrogens with one attached hydrogen (secondary N) is 1. The van der Waals surface area contributed by atoms with E-state index in [-0.39, 0.29) is 5.91 Å². The van der Waals surface area contributed by atoms with Gasteiger partial charge in [0.1, 0.15) is 0 Å². The lowest BCUT2D eigenvalue weighted by atomic mass is 10.1. The molecule has 0 atom stereocenters. The molecule has 31 heavy (non-hydrogen) atoms. The molecule has 5 rings (SSSR count). The number of hydrogen-bond acceptors (Lipinski definition) is 7. The van der Waals surface area contributed by atoms with E-state index in [0.29, 0.717) is 17.0 Å². The van der Waals surface area contributed by atoms with E-state index in [2.05, 4.69) is 32.2 Å². The first-order chi connectivity index (χ1) is 15.2. The van der Waals surface area contributed by atoms with E-state index in [4.69, 9.17) is 4.98 Å². The molecule has 0 unspecified atom stereocenters. The molecule has 1 aromatic carbocycles. The molecule has 3 aromatic rings. The molecule has 0 spiro atoms. The number of carbonyl (C=O) groups excluding carboxylic acids is 1. The van der Waals surface area contributed by atoms with Crippen molar-refractivity contribution in [3.63, 3.8) is 0 Å². The number of aromatic nitrogens is 4. The zero-order valence-electron chi connectivity index (χ0n) is 17.9. The van der Waals surface area contributed by atoms with Gasteiger partial charge in [-0.05, 0) is 50.6 Å². The molecule has 2 aromatic heterocycles. The van der Waals surface area contributed by atoms with Crippen LogP contribution in [-0.4, -0.2) is 81.6 Å². The lowest BCUT2D eigenvalue weighted by molar-refractivity contribution is 0.0664. The fourth-order valence-corrected chi connectivity index (χ4v) is 4.15. The fraction of sp³-hybridized carbons (Fsp3) is 0.455. The van der Waals surface area contributed by atoms with Crippen LogP contribution in [0.25, 0.3) is 5.65 Å². The van der Waals surface area contributed by atoms with Crippen LogP contribution in [0.1, 0.15) is 29.6 Å². The maximum absolute atomic E-state index is 12.8. The monoisotopic (exact) mass is 420 g/mol. The van der Waals surface area contributed by atoms with Gasteiger partial charge in [-0.3, -0.25) is 4.79 Å². The molecule has 4 heterocycles. The van der Waals surface area contributed by atoms with E-state index in [1.54, 1.807) is 10.7 Å². The average Bonchev–Trinajstić information content (AvgIpc) is 3.29. The van der Waals surface area contributed by atoms with Gasteiger partial charge in [0.2, 0.25) is 5.95 Å². The van der Waals surface area contributed by atoms with Gasteiger partial charge >= 0.3 is 0 Å². The number of likely N-dealkylation sites (N-methyl/N-ethyl adjacent to an activating group) is 1. The molecule has 9 nitrogen and oxygen atoms in total. The van der Waals surface area contributed by atoms with Crippen molar-refractivity contribution in [3.8, 4) is 0 Å². The zero-order valence-corrected chi connectivity index (χ0v) is 17.9. The third-order valence-electron chi connectivity index (χ3n) is 6.07. The number of benzene rings is 1. The highest BCUT2D eigenvalue weighted by Gasteiger charge is 2.21. The molecule has 0 bridgehead atoms. The second-order valence-corrected chi connectivity index (χ2v) is 8.30. The van der Waals surface area contributed by atoms with Crippen LogP contribution < -0.4 is 10.2 Å². The van der Waals surface area contributed by atoms with Crippen LogP contribution in [0.2, 0.25) is 0 Å². The summed E-state index contributed by atoms with van der Waals surface area (Å²) in [7, 11) is 2.09. The van der Waals surface area contributed by atoms with Gasteiger partial charge in [-0.1, -0.05) is 0 Å². The van der Waals surface area contributed by atoms with E-state index in [0.717, 1.165) is 63.7 Å². The topological polar surface area (TPSA) is 81.9 Å². The third-order valence-corrected chi connectivity index (χ3v) is 6.07. The van der Waals surface area contributed by atoms with Gasteiger partial charge in [-0.25, -0.2) is 9.50 Å². The predicted octanol–water partition coefficient (Wildman–Crippen LogP) is 2.25. The van der Waals surface area contributed by atoms with Crippen molar-refractivity contribution in [2.24, 2.45) is 0 Å². The summed E-state index contributed by atoms with van der Waals surface area (Å²) in [5.74, 6) is 1.47. The van der Waals surface area contributed by atoms with Crippen LogP contribution in [-0.2, 0) is 0 Å². The summed E-state index contributed by atoms with van der Waals surface area (Å²) in [5.41, 5.74) is 2.25. The van der Waals surface area contributed by atoms with E-state index in [1.165, 1.54) is 6.42 Å². The van der Waals surface area contributed by atoms with Gasteiger partial charge in [-0.15, -0.1) is 5.10 Å². The molecule has 1 N–H and O–H groups in total. The Balaban J connectivity index is 1.35. The summed E-state index contributed by atoms with van der Waals surface area (Å²) in [6, 6.07) is 7.59. The van der Waals surface area contributed by atoms with Crippen LogP contribution in [0, 0.1) is 0 Å². The number of rotatable bonds is 4. The first kappa shape index (κ1) is 19.7. The Labute approximate surface area is 181 Å². The number of piperazine rings is 1. The van der Waals surface area contributed by atoms with E-state index in [9.17, 15) is 4.79 Å². The molecular formula is C22H28N8O. The fourth-order valence-electron chi connectivity index (χ4n) is 4.15. The molecule has 9 heteroatoms. The van der Waals surface area contributed by atoms with Crippen molar-refractivity contribution in [1.82, 2.24) is 29.4 Å². The minimum Gasteiger partial charge on any atom is -0.340 e. The number of carbonyl (C=O) groups is 1. The van der Waals surface area contributed by atoms with Gasteiger partial charge in [0.25, 0.3) is 5.91 Å². The molecule has 2 aliphatic heterocycles. The van der Waals surface area contributed by atoms with Gasteiger partial charge in [-0.2, -0.15) is 4.98 Å². The summed E-state index contributed by atoms with van der Waals surface area (Å²) in [4.78, 5) is 28.4. The van der Waals surface area contributed by atoms with Crippen molar-refractivity contribution in [1.29, 1.82) is 0 Å². The lowest BCUT2D eigenvalue weighted by Gasteiger charge is -2.32.